The normalized spacial score (nSPS) is 10.8. The number of aromatic nitrogens is 1. The second-order valence-corrected chi connectivity index (χ2v) is 3.10. The van der Waals surface area contributed by atoms with E-state index in [2.05, 4.69) is 4.98 Å². The number of fused-ring (bicyclic) bond motifs is 1. The van der Waals surface area contributed by atoms with Crippen molar-refractivity contribution in [3.63, 3.8) is 0 Å². The van der Waals surface area contributed by atoms with Crippen LogP contribution in [-0.2, 0) is 0 Å². The Balaban J connectivity index is 2.83. The van der Waals surface area contributed by atoms with Crippen LogP contribution >= 0.6 is 23.2 Å². The Morgan fingerprint density at radius 1 is 1.25 bits per heavy atom. The molecule has 0 bridgehead atoms. The monoisotopic (exact) mass is 202 g/mol. The number of hydrogen-bond acceptors (Lipinski definition) is 3. The highest BCUT2D eigenvalue weighted by Gasteiger charge is 2.06. The van der Waals surface area contributed by atoms with Gasteiger partial charge in [0.15, 0.2) is 5.58 Å². The van der Waals surface area contributed by atoms with Crippen molar-refractivity contribution in [2.45, 2.75) is 0 Å². The van der Waals surface area contributed by atoms with Gasteiger partial charge in [0.1, 0.15) is 5.52 Å². The summed E-state index contributed by atoms with van der Waals surface area (Å²) in [6.07, 6.45) is 0. The van der Waals surface area contributed by atoms with Gasteiger partial charge in [0.05, 0.1) is 10.0 Å². The fraction of sp³-hybridized carbons (Fsp3) is 0. The van der Waals surface area contributed by atoms with Gasteiger partial charge >= 0.3 is 0 Å². The van der Waals surface area contributed by atoms with Crippen molar-refractivity contribution in [1.29, 1.82) is 0 Å². The van der Waals surface area contributed by atoms with Gasteiger partial charge in [-0.25, -0.2) is 0 Å². The number of nitrogens with two attached hydrogens (primary N) is 1. The van der Waals surface area contributed by atoms with Crippen molar-refractivity contribution >= 4 is 40.3 Å². The lowest BCUT2D eigenvalue weighted by Gasteiger charge is -1.91. The number of oxazole rings is 1. The summed E-state index contributed by atoms with van der Waals surface area (Å²) in [5.74, 6) is 0. The number of hydrogen-bond donors (Lipinski definition) is 1. The molecule has 1 heterocycles. The van der Waals surface area contributed by atoms with Crippen molar-refractivity contribution in [3.05, 3.63) is 22.2 Å². The number of anilines is 1. The molecule has 0 fully saturated rings. The first-order valence-corrected chi connectivity index (χ1v) is 3.93. The lowest BCUT2D eigenvalue weighted by atomic mass is 10.3. The first kappa shape index (κ1) is 7.71. The molecule has 0 spiro atoms. The first-order chi connectivity index (χ1) is 5.66. The quantitative estimate of drug-likeness (QED) is 0.715. The van der Waals surface area contributed by atoms with Crippen molar-refractivity contribution in [2.75, 3.05) is 5.73 Å². The van der Waals surface area contributed by atoms with Crippen LogP contribution in [-0.4, -0.2) is 4.98 Å². The summed E-state index contributed by atoms with van der Waals surface area (Å²) in [5, 5.41) is 0.873. The summed E-state index contributed by atoms with van der Waals surface area (Å²) >= 11 is 11.5. The van der Waals surface area contributed by atoms with E-state index in [4.69, 9.17) is 33.4 Å². The van der Waals surface area contributed by atoms with Gasteiger partial charge in [-0.15, -0.1) is 0 Å². The van der Waals surface area contributed by atoms with Gasteiger partial charge in [-0.1, -0.05) is 23.2 Å². The molecule has 1 aromatic carbocycles. The minimum absolute atomic E-state index is 0.114. The van der Waals surface area contributed by atoms with E-state index in [1.807, 2.05) is 0 Å². The molecule has 2 rings (SSSR count). The molecular weight excluding hydrogens is 199 g/mol. The van der Waals surface area contributed by atoms with Crippen LogP contribution in [0, 0.1) is 0 Å². The van der Waals surface area contributed by atoms with Crippen LogP contribution in [0.4, 0.5) is 6.01 Å². The van der Waals surface area contributed by atoms with Crippen LogP contribution in [0.3, 0.4) is 0 Å². The molecule has 0 atom stereocenters. The number of nitrogen functional groups attached to an aromatic ring is 1. The maximum Gasteiger partial charge on any atom is 0.292 e. The molecule has 0 unspecified atom stereocenters. The Morgan fingerprint density at radius 3 is 2.67 bits per heavy atom. The summed E-state index contributed by atoms with van der Waals surface area (Å²) in [4.78, 5) is 3.88. The third kappa shape index (κ3) is 1.11. The van der Waals surface area contributed by atoms with Crippen LogP contribution in [0.15, 0.2) is 16.5 Å². The van der Waals surface area contributed by atoms with E-state index < -0.39 is 0 Å². The maximum absolute atomic E-state index is 5.74. The number of benzene rings is 1. The number of rotatable bonds is 0. The molecule has 0 aliphatic carbocycles. The summed E-state index contributed by atoms with van der Waals surface area (Å²) in [6, 6.07) is 3.31. The fourth-order valence-corrected chi connectivity index (χ4v) is 1.25. The molecule has 2 N–H and O–H groups in total. The van der Waals surface area contributed by atoms with E-state index in [0.717, 1.165) is 0 Å². The molecule has 3 nitrogen and oxygen atoms in total. The average molecular weight is 203 g/mol. The Kier molecular flexibility index (Phi) is 1.63. The molecule has 5 heteroatoms. The van der Waals surface area contributed by atoms with E-state index in [9.17, 15) is 0 Å². The molecule has 0 saturated carbocycles. The average Bonchev–Trinajstić information content (AvgIpc) is 2.30. The minimum atomic E-state index is 0.114. The van der Waals surface area contributed by atoms with Crippen molar-refractivity contribution in [2.24, 2.45) is 0 Å². The van der Waals surface area contributed by atoms with Crippen LogP contribution in [0.5, 0.6) is 0 Å². The number of halogens is 2. The number of nitrogens with zero attached hydrogens (tertiary/aromatic N) is 1. The second kappa shape index (κ2) is 2.54. The SMILES string of the molecule is Nc1nc2cc(Cl)c(Cl)cc2o1. The van der Waals surface area contributed by atoms with Gasteiger partial charge in [0.25, 0.3) is 6.01 Å². The van der Waals surface area contributed by atoms with E-state index in [-0.39, 0.29) is 6.01 Å². The third-order valence-electron chi connectivity index (χ3n) is 1.45. The van der Waals surface area contributed by atoms with Crippen LogP contribution in [0.2, 0.25) is 10.0 Å². The smallest absolute Gasteiger partial charge is 0.292 e. The molecule has 12 heavy (non-hydrogen) atoms. The predicted molar refractivity (Wildman–Crippen MR) is 48.4 cm³/mol. The van der Waals surface area contributed by atoms with Crippen LogP contribution < -0.4 is 5.73 Å². The van der Waals surface area contributed by atoms with E-state index in [0.29, 0.717) is 21.1 Å². The van der Waals surface area contributed by atoms with Gasteiger partial charge in [-0.2, -0.15) is 4.98 Å². The van der Waals surface area contributed by atoms with Crippen molar-refractivity contribution in [1.82, 2.24) is 4.98 Å². The third-order valence-corrected chi connectivity index (χ3v) is 2.17. The maximum atomic E-state index is 5.74. The van der Waals surface area contributed by atoms with Gasteiger partial charge < -0.3 is 10.2 Å². The lowest BCUT2D eigenvalue weighted by Crippen LogP contribution is -1.80. The van der Waals surface area contributed by atoms with Crippen LogP contribution in [0.1, 0.15) is 0 Å². The lowest BCUT2D eigenvalue weighted by molar-refractivity contribution is 0.626. The van der Waals surface area contributed by atoms with Gasteiger partial charge in [-0.3, -0.25) is 0 Å². The molecule has 62 valence electrons. The highest BCUT2D eigenvalue weighted by atomic mass is 35.5. The van der Waals surface area contributed by atoms with E-state index in [1.54, 1.807) is 12.1 Å². The Bertz CT molecular complexity index is 399. The van der Waals surface area contributed by atoms with Crippen molar-refractivity contribution < 1.29 is 4.42 Å². The molecular formula is C7H4Cl2N2O. The van der Waals surface area contributed by atoms with Crippen molar-refractivity contribution in [3.8, 4) is 0 Å². The molecule has 0 saturated heterocycles. The highest BCUT2D eigenvalue weighted by molar-refractivity contribution is 6.42. The van der Waals surface area contributed by atoms with Gasteiger partial charge in [0.2, 0.25) is 0 Å². The van der Waals surface area contributed by atoms with E-state index >= 15 is 0 Å². The van der Waals surface area contributed by atoms with Crippen LogP contribution in [0.25, 0.3) is 11.1 Å². The molecule has 0 radical (unpaired) electrons. The zero-order valence-corrected chi connectivity index (χ0v) is 7.36. The fourth-order valence-electron chi connectivity index (χ4n) is 0.941. The zero-order chi connectivity index (χ0) is 8.72. The topological polar surface area (TPSA) is 52.0 Å². The second-order valence-electron chi connectivity index (χ2n) is 2.29. The summed E-state index contributed by atoms with van der Waals surface area (Å²) in [6.45, 7) is 0. The molecule has 0 aliphatic heterocycles. The highest BCUT2D eigenvalue weighted by Crippen LogP contribution is 2.28. The largest absolute Gasteiger partial charge is 0.424 e. The van der Waals surface area contributed by atoms with Gasteiger partial charge in [0, 0.05) is 6.07 Å². The molecule has 1 aromatic heterocycles. The summed E-state index contributed by atoms with van der Waals surface area (Å²) in [5.41, 5.74) is 6.48. The Hall–Kier alpha value is -0.930. The molecule has 2 aromatic rings. The first-order valence-electron chi connectivity index (χ1n) is 3.18. The standard InChI is InChI=1S/C7H4Cl2N2O/c8-3-1-5-6(2-4(3)9)12-7(10)11-5/h1-2H,(H2,10,11). The predicted octanol–water partition coefficient (Wildman–Crippen LogP) is 2.72. The molecule has 0 aliphatic rings. The Morgan fingerprint density at radius 2 is 1.92 bits per heavy atom. The van der Waals surface area contributed by atoms with E-state index in [1.165, 1.54) is 0 Å². The summed E-state index contributed by atoms with van der Waals surface area (Å²) in [7, 11) is 0. The summed E-state index contributed by atoms with van der Waals surface area (Å²) < 4.78 is 5.03. The minimum Gasteiger partial charge on any atom is -0.424 e. The zero-order valence-electron chi connectivity index (χ0n) is 5.84. The molecule has 0 amide bonds. The Labute approximate surface area is 78.1 Å². The van der Waals surface area contributed by atoms with Gasteiger partial charge in [-0.05, 0) is 6.07 Å².